The molecule has 0 bridgehead atoms. The van der Waals surface area contributed by atoms with Gasteiger partial charge in [-0.3, -0.25) is 9.59 Å². The fourth-order valence-corrected chi connectivity index (χ4v) is 2.13. The van der Waals surface area contributed by atoms with E-state index in [4.69, 9.17) is 4.74 Å². The van der Waals surface area contributed by atoms with E-state index in [-0.39, 0.29) is 24.2 Å². The van der Waals surface area contributed by atoms with Crippen molar-refractivity contribution in [1.82, 2.24) is 4.90 Å². The quantitative estimate of drug-likeness (QED) is 0.865. The van der Waals surface area contributed by atoms with Crippen LogP contribution in [-0.4, -0.2) is 43.5 Å². The van der Waals surface area contributed by atoms with Crippen molar-refractivity contribution in [3.63, 3.8) is 0 Å². The molecule has 1 unspecified atom stereocenters. The van der Waals surface area contributed by atoms with Crippen LogP contribution in [0.5, 0.6) is 0 Å². The zero-order chi connectivity index (χ0) is 13.7. The summed E-state index contributed by atoms with van der Waals surface area (Å²) in [5.41, 5.74) is 0.760. The van der Waals surface area contributed by atoms with Gasteiger partial charge in [0.05, 0.1) is 12.5 Å². The Balaban J connectivity index is 1.89. The third kappa shape index (κ3) is 3.54. The van der Waals surface area contributed by atoms with E-state index in [1.807, 2.05) is 30.3 Å². The standard InChI is InChI=1S/C14H18N2O3/c1-19-8-7-16-10-11(9-13(16)17)14(18)15-12-5-3-2-4-6-12/h2-6,11H,7-10H2,1H3,(H,15,18). The third-order valence-corrected chi connectivity index (χ3v) is 3.19. The molecule has 1 aliphatic rings. The highest BCUT2D eigenvalue weighted by molar-refractivity contribution is 5.97. The lowest BCUT2D eigenvalue weighted by Crippen LogP contribution is -2.30. The molecule has 1 saturated heterocycles. The minimum absolute atomic E-state index is 0.0188. The average molecular weight is 262 g/mol. The second-order valence-corrected chi connectivity index (χ2v) is 4.59. The Hall–Kier alpha value is -1.88. The number of rotatable bonds is 5. The zero-order valence-electron chi connectivity index (χ0n) is 11.0. The first-order valence-electron chi connectivity index (χ1n) is 6.33. The van der Waals surface area contributed by atoms with Gasteiger partial charge in [0, 0.05) is 32.3 Å². The van der Waals surface area contributed by atoms with Gasteiger partial charge in [-0.1, -0.05) is 18.2 Å². The van der Waals surface area contributed by atoms with Gasteiger partial charge in [0.15, 0.2) is 0 Å². The summed E-state index contributed by atoms with van der Waals surface area (Å²) in [4.78, 5) is 25.5. The van der Waals surface area contributed by atoms with Crippen molar-refractivity contribution in [2.45, 2.75) is 6.42 Å². The number of methoxy groups -OCH3 is 1. The second-order valence-electron chi connectivity index (χ2n) is 4.59. The first-order chi connectivity index (χ1) is 9.20. The Morgan fingerprint density at radius 1 is 1.42 bits per heavy atom. The van der Waals surface area contributed by atoms with E-state index in [0.717, 1.165) is 5.69 Å². The fraction of sp³-hybridized carbons (Fsp3) is 0.429. The number of hydrogen-bond donors (Lipinski definition) is 1. The van der Waals surface area contributed by atoms with Crippen LogP contribution in [0.1, 0.15) is 6.42 Å². The van der Waals surface area contributed by atoms with E-state index in [1.54, 1.807) is 12.0 Å². The summed E-state index contributed by atoms with van der Waals surface area (Å²) in [6.45, 7) is 1.52. The maximum atomic E-state index is 12.1. The van der Waals surface area contributed by atoms with Gasteiger partial charge in [-0.15, -0.1) is 0 Å². The Labute approximate surface area is 112 Å². The molecule has 5 heteroatoms. The van der Waals surface area contributed by atoms with Crippen molar-refractivity contribution in [1.29, 1.82) is 0 Å². The van der Waals surface area contributed by atoms with Crippen molar-refractivity contribution in [2.24, 2.45) is 5.92 Å². The van der Waals surface area contributed by atoms with Crippen LogP contribution < -0.4 is 5.32 Å². The number of hydrogen-bond acceptors (Lipinski definition) is 3. The fourth-order valence-electron chi connectivity index (χ4n) is 2.13. The van der Waals surface area contributed by atoms with Crippen LogP contribution >= 0.6 is 0 Å². The van der Waals surface area contributed by atoms with Gasteiger partial charge >= 0.3 is 0 Å². The molecule has 2 rings (SSSR count). The van der Waals surface area contributed by atoms with Crippen LogP contribution in [0.4, 0.5) is 5.69 Å². The number of amides is 2. The Morgan fingerprint density at radius 2 is 2.16 bits per heavy atom. The van der Waals surface area contributed by atoms with Crippen molar-refractivity contribution in [3.8, 4) is 0 Å². The van der Waals surface area contributed by atoms with Gasteiger partial charge in [-0.2, -0.15) is 0 Å². The van der Waals surface area contributed by atoms with Gasteiger partial charge in [0.1, 0.15) is 0 Å². The first-order valence-corrected chi connectivity index (χ1v) is 6.33. The molecular weight excluding hydrogens is 244 g/mol. The van der Waals surface area contributed by atoms with Crippen LogP contribution in [-0.2, 0) is 14.3 Å². The summed E-state index contributed by atoms with van der Waals surface area (Å²) >= 11 is 0. The largest absolute Gasteiger partial charge is 0.383 e. The highest BCUT2D eigenvalue weighted by Gasteiger charge is 2.33. The molecule has 1 aliphatic heterocycles. The monoisotopic (exact) mass is 262 g/mol. The van der Waals surface area contributed by atoms with Gasteiger partial charge in [-0.05, 0) is 12.1 Å². The number of anilines is 1. The minimum atomic E-state index is -0.274. The Morgan fingerprint density at radius 3 is 2.84 bits per heavy atom. The molecule has 0 radical (unpaired) electrons. The lowest BCUT2D eigenvalue weighted by molar-refractivity contribution is -0.128. The lowest BCUT2D eigenvalue weighted by atomic mass is 10.1. The zero-order valence-corrected chi connectivity index (χ0v) is 11.0. The number of carbonyl (C=O) groups excluding carboxylic acids is 2. The van der Waals surface area contributed by atoms with E-state index in [1.165, 1.54) is 0 Å². The van der Waals surface area contributed by atoms with Crippen LogP contribution in [0.3, 0.4) is 0 Å². The van der Waals surface area contributed by atoms with Crippen LogP contribution in [0.2, 0.25) is 0 Å². The summed E-state index contributed by atoms with van der Waals surface area (Å²) in [5, 5.41) is 2.83. The molecule has 2 amide bonds. The van der Waals surface area contributed by atoms with E-state index < -0.39 is 0 Å². The second kappa shape index (κ2) is 6.33. The van der Waals surface area contributed by atoms with Crippen molar-refractivity contribution in [2.75, 3.05) is 32.1 Å². The molecule has 1 fully saturated rings. The normalized spacial score (nSPS) is 18.7. The van der Waals surface area contributed by atoms with Crippen LogP contribution in [0.25, 0.3) is 0 Å². The summed E-state index contributed by atoms with van der Waals surface area (Å²) in [7, 11) is 1.60. The van der Waals surface area contributed by atoms with Gasteiger partial charge < -0.3 is 15.0 Å². The number of para-hydroxylation sites is 1. The maximum Gasteiger partial charge on any atom is 0.229 e. The molecule has 1 atom stereocenters. The number of nitrogens with zero attached hydrogens (tertiary/aromatic N) is 1. The molecule has 0 aromatic heterocycles. The van der Waals surface area contributed by atoms with E-state index in [9.17, 15) is 9.59 Å². The number of carbonyl (C=O) groups is 2. The molecule has 1 aromatic rings. The molecule has 0 spiro atoms. The topological polar surface area (TPSA) is 58.6 Å². The predicted octanol–water partition coefficient (Wildman–Crippen LogP) is 1.12. The highest BCUT2D eigenvalue weighted by Crippen LogP contribution is 2.19. The smallest absolute Gasteiger partial charge is 0.229 e. The lowest BCUT2D eigenvalue weighted by Gasteiger charge is -2.15. The third-order valence-electron chi connectivity index (χ3n) is 3.19. The van der Waals surface area contributed by atoms with Crippen molar-refractivity contribution >= 4 is 17.5 Å². The Bertz CT molecular complexity index is 447. The number of likely N-dealkylation sites (tertiary alicyclic amines) is 1. The van der Waals surface area contributed by atoms with Crippen LogP contribution in [0, 0.1) is 5.92 Å². The Kier molecular flexibility index (Phi) is 4.52. The van der Waals surface area contributed by atoms with E-state index in [0.29, 0.717) is 19.7 Å². The van der Waals surface area contributed by atoms with Gasteiger partial charge in [0.2, 0.25) is 11.8 Å². The summed E-state index contributed by atoms with van der Waals surface area (Å²) in [5.74, 6) is -0.353. The molecule has 102 valence electrons. The minimum Gasteiger partial charge on any atom is -0.383 e. The summed E-state index contributed by atoms with van der Waals surface area (Å²) < 4.78 is 4.95. The predicted molar refractivity (Wildman–Crippen MR) is 71.6 cm³/mol. The van der Waals surface area contributed by atoms with Crippen molar-refractivity contribution in [3.05, 3.63) is 30.3 Å². The average Bonchev–Trinajstić information content (AvgIpc) is 2.79. The molecule has 5 nitrogen and oxygen atoms in total. The van der Waals surface area contributed by atoms with Gasteiger partial charge in [0.25, 0.3) is 0 Å². The molecule has 1 heterocycles. The molecule has 0 aliphatic carbocycles. The molecule has 1 aromatic carbocycles. The number of nitrogens with one attached hydrogen (secondary N) is 1. The van der Waals surface area contributed by atoms with E-state index in [2.05, 4.69) is 5.32 Å². The molecule has 19 heavy (non-hydrogen) atoms. The molecule has 1 N–H and O–H groups in total. The number of ether oxygens (including phenoxy) is 1. The van der Waals surface area contributed by atoms with Crippen molar-refractivity contribution < 1.29 is 14.3 Å². The maximum absolute atomic E-state index is 12.1. The van der Waals surface area contributed by atoms with Crippen LogP contribution in [0.15, 0.2) is 30.3 Å². The number of benzene rings is 1. The molecule has 0 saturated carbocycles. The first kappa shape index (κ1) is 13.5. The summed E-state index contributed by atoms with van der Waals surface area (Å²) in [6, 6.07) is 9.27. The SMILES string of the molecule is COCCN1CC(C(=O)Nc2ccccc2)CC1=O. The van der Waals surface area contributed by atoms with Gasteiger partial charge in [-0.25, -0.2) is 0 Å². The molecular formula is C14H18N2O3. The van der Waals surface area contributed by atoms with E-state index >= 15 is 0 Å². The highest BCUT2D eigenvalue weighted by atomic mass is 16.5. The summed E-state index contributed by atoms with van der Waals surface area (Å²) in [6.07, 6.45) is 0.280.